The molecule has 0 aliphatic carbocycles. The molecule has 0 aromatic carbocycles. The van der Waals surface area contributed by atoms with Crippen LogP contribution in [0.4, 0.5) is 0 Å². The molecule has 5 heteroatoms. The average molecular weight is 255 g/mol. The van der Waals surface area contributed by atoms with Crippen molar-refractivity contribution >= 4 is 11.8 Å². The van der Waals surface area contributed by atoms with Crippen LogP contribution in [-0.2, 0) is 9.59 Å². The van der Waals surface area contributed by atoms with Crippen molar-refractivity contribution < 1.29 is 9.59 Å². The maximum atomic E-state index is 12.3. The molecule has 1 aliphatic rings. The highest BCUT2D eigenvalue weighted by Gasteiger charge is 2.35. The Hall–Kier alpha value is -1.10. The number of amides is 2. The van der Waals surface area contributed by atoms with E-state index in [2.05, 4.69) is 5.32 Å². The molecule has 18 heavy (non-hydrogen) atoms. The minimum atomic E-state index is -0.806. The molecule has 2 amide bonds. The molecule has 1 rings (SSSR count). The van der Waals surface area contributed by atoms with E-state index in [0.29, 0.717) is 19.5 Å². The molecule has 2 unspecified atom stereocenters. The third-order valence-corrected chi connectivity index (χ3v) is 3.58. The molecule has 104 valence electrons. The van der Waals surface area contributed by atoms with Crippen molar-refractivity contribution in [2.24, 2.45) is 11.7 Å². The molecule has 1 saturated heterocycles. The second kappa shape index (κ2) is 6.18. The minimum Gasteiger partial charge on any atom is -0.359 e. The SMILES string of the molecule is CCCC(C)(N)C(=O)N1CCCC(C(=O)NC)C1. The molecule has 0 radical (unpaired) electrons. The predicted octanol–water partition coefficient (Wildman–Crippen LogP) is 0.489. The summed E-state index contributed by atoms with van der Waals surface area (Å²) in [6.45, 7) is 5.00. The van der Waals surface area contributed by atoms with Gasteiger partial charge < -0.3 is 16.0 Å². The quantitative estimate of drug-likeness (QED) is 0.767. The lowest BCUT2D eigenvalue weighted by molar-refractivity contribution is -0.140. The Morgan fingerprint density at radius 3 is 2.72 bits per heavy atom. The van der Waals surface area contributed by atoms with E-state index in [0.717, 1.165) is 19.3 Å². The Kier molecular flexibility index (Phi) is 5.14. The fourth-order valence-electron chi connectivity index (χ4n) is 2.57. The molecule has 0 bridgehead atoms. The van der Waals surface area contributed by atoms with Gasteiger partial charge in [0.1, 0.15) is 0 Å². The van der Waals surface area contributed by atoms with Crippen LogP contribution < -0.4 is 11.1 Å². The second-order valence-corrected chi connectivity index (χ2v) is 5.37. The number of nitrogens with two attached hydrogens (primary N) is 1. The third-order valence-electron chi connectivity index (χ3n) is 3.58. The summed E-state index contributed by atoms with van der Waals surface area (Å²) in [5.41, 5.74) is 5.26. The first kappa shape index (κ1) is 15.0. The summed E-state index contributed by atoms with van der Waals surface area (Å²) < 4.78 is 0. The van der Waals surface area contributed by atoms with Crippen molar-refractivity contribution in [3.63, 3.8) is 0 Å². The molecule has 2 atom stereocenters. The molecule has 0 saturated carbocycles. The van der Waals surface area contributed by atoms with E-state index in [1.54, 1.807) is 18.9 Å². The average Bonchev–Trinajstić information content (AvgIpc) is 2.37. The first-order valence-corrected chi connectivity index (χ1v) is 6.72. The van der Waals surface area contributed by atoms with Crippen molar-refractivity contribution in [1.29, 1.82) is 0 Å². The topological polar surface area (TPSA) is 75.4 Å². The highest BCUT2D eigenvalue weighted by molar-refractivity contribution is 5.87. The lowest BCUT2D eigenvalue weighted by atomic mass is 9.92. The number of nitrogens with one attached hydrogen (secondary N) is 1. The molecule has 1 heterocycles. The minimum absolute atomic E-state index is 0.0155. The van der Waals surface area contributed by atoms with Crippen LogP contribution in [0.3, 0.4) is 0 Å². The van der Waals surface area contributed by atoms with Crippen molar-refractivity contribution in [3.8, 4) is 0 Å². The van der Waals surface area contributed by atoms with Crippen LogP contribution in [0.2, 0.25) is 0 Å². The Morgan fingerprint density at radius 2 is 2.17 bits per heavy atom. The largest absolute Gasteiger partial charge is 0.359 e. The van der Waals surface area contributed by atoms with Crippen LogP contribution in [0.5, 0.6) is 0 Å². The van der Waals surface area contributed by atoms with Crippen LogP contribution >= 0.6 is 0 Å². The number of nitrogens with zero attached hydrogens (tertiary/aromatic N) is 1. The van der Waals surface area contributed by atoms with E-state index >= 15 is 0 Å². The van der Waals surface area contributed by atoms with E-state index < -0.39 is 5.54 Å². The van der Waals surface area contributed by atoms with E-state index in [9.17, 15) is 9.59 Å². The van der Waals surface area contributed by atoms with Gasteiger partial charge in [0.25, 0.3) is 0 Å². The molecule has 0 spiro atoms. The predicted molar refractivity (Wildman–Crippen MR) is 70.9 cm³/mol. The standard InChI is InChI=1S/C13H25N3O2/c1-4-7-13(2,14)12(18)16-8-5-6-10(9-16)11(17)15-3/h10H,4-9,14H2,1-3H3,(H,15,17). The monoisotopic (exact) mass is 255 g/mol. The normalized spacial score (nSPS) is 23.3. The van der Waals surface area contributed by atoms with Crippen molar-refractivity contribution in [1.82, 2.24) is 10.2 Å². The van der Waals surface area contributed by atoms with E-state index in [4.69, 9.17) is 5.73 Å². The number of carbonyl (C=O) groups is 2. The molecule has 0 aromatic rings. The Morgan fingerprint density at radius 1 is 1.50 bits per heavy atom. The zero-order valence-electron chi connectivity index (χ0n) is 11.7. The maximum absolute atomic E-state index is 12.3. The number of rotatable bonds is 4. The molecule has 1 fully saturated rings. The van der Waals surface area contributed by atoms with E-state index in [1.165, 1.54) is 0 Å². The number of hydrogen-bond donors (Lipinski definition) is 2. The van der Waals surface area contributed by atoms with Crippen LogP contribution in [0.25, 0.3) is 0 Å². The van der Waals surface area contributed by atoms with Crippen molar-refractivity contribution in [2.75, 3.05) is 20.1 Å². The van der Waals surface area contributed by atoms with Crippen LogP contribution in [0.1, 0.15) is 39.5 Å². The van der Waals surface area contributed by atoms with Gasteiger partial charge in [0.15, 0.2) is 0 Å². The fraction of sp³-hybridized carbons (Fsp3) is 0.846. The summed E-state index contributed by atoms with van der Waals surface area (Å²) in [5, 5.41) is 2.65. The van der Waals surface area contributed by atoms with Gasteiger partial charge in [-0.3, -0.25) is 9.59 Å². The van der Waals surface area contributed by atoms with Gasteiger partial charge in [-0.25, -0.2) is 0 Å². The lowest BCUT2D eigenvalue weighted by Crippen LogP contribution is -2.56. The zero-order chi connectivity index (χ0) is 13.8. The number of likely N-dealkylation sites (tertiary alicyclic amines) is 1. The Labute approximate surface area is 109 Å². The molecule has 5 nitrogen and oxygen atoms in total. The summed E-state index contributed by atoms with van der Waals surface area (Å²) in [5.74, 6) is -0.107. The lowest BCUT2D eigenvalue weighted by Gasteiger charge is -2.36. The zero-order valence-corrected chi connectivity index (χ0v) is 11.7. The molecule has 1 aliphatic heterocycles. The van der Waals surface area contributed by atoms with Gasteiger partial charge in [-0.1, -0.05) is 13.3 Å². The highest BCUT2D eigenvalue weighted by atomic mass is 16.2. The third kappa shape index (κ3) is 3.45. The van der Waals surface area contributed by atoms with Gasteiger partial charge in [0, 0.05) is 20.1 Å². The number of carbonyl (C=O) groups excluding carboxylic acids is 2. The summed E-state index contributed by atoms with van der Waals surface area (Å²) in [6, 6.07) is 0. The van der Waals surface area contributed by atoms with E-state index in [1.807, 2.05) is 6.92 Å². The van der Waals surface area contributed by atoms with Crippen molar-refractivity contribution in [2.45, 2.75) is 45.1 Å². The summed E-state index contributed by atoms with van der Waals surface area (Å²) in [6.07, 6.45) is 3.27. The number of hydrogen-bond acceptors (Lipinski definition) is 3. The fourth-order valence-corrected chi connectivity index (χ4v) is 2.57. The van der Waals surface area contributed by atoms with E-state index in [-0.39, 0.29) is 17.7 Å². The van der Waals surface area contributed by atoms with Gasteiger partial charge in [0.2, 0.25) is 11.8 Å². The Balaban J connectivity index is 2.66. The van der Waals surface area contributed by atoms with Gasteiger partial charge in [0.05, 0.1) is 11.5 Å². The van der Waals surface area contributed by atoms with Gasteiger partial charge in [-0.05, 0) is 26.2 Å². The first-order valence-electron chi connectivity index (χ1n) is 6.72. The summed E-state index contributed by atoms with van der Waals surface area (Å²) >= 11 is 0. The van der Waals surface area contributed by atoms with Crippen molar-refractivity contribution in [3.05, 3.63) is 0 Å². The van der Waals surface area contributed by atoms with Crippen LogP contribution in [-0.4, -0.2) is 42.4 Å². The summed E-state index contributed by atoms with van der Waals surface area (Å²) in [4.78, 5) is 25.7. The smallest absolute Gasteiger partial charge is 0.242 e. The molecule has 0 aromatic heterocycles. The molecule has 3 N–H and O–H groups in total. The highest BCUT2D eigenvalue weighted by Crippen LogP contribution is 2.21. The molecular weight excluding hydrogens is 230 g/mol. The maximum Gasteiger partial charge on any atom is 0.242 e. The van der Waals surface area contributed by atoms with Crippen LogP contribution in [0, 0.1) is 5.92 Å². The number of piperidine rings is 1. The van der Waals surface area contributed by atoms with Gasteiger partial charge in [-0.2, -0.15) is 0 Å². The second-order valence-electron chi connectivity index (χ2n) is 5.37. The van der Waals surface area contributed by atoms with Gasteiger partial charge >= 0.3 is 0 Å². The first-order chi connectivity index (χ1) is 8.42. The van der Waals surface area contributed by atoms with Gasteiger partial charge in [-0.15, -0.1) is 0 Å². The summed E-state index contributed by atoms with van der Waals surface area (Å²) in [7, 11) is 1.63. The Bertz CT molecular complexity index is 315. The molecular formula is C13H25N3O2. The van der Waals surface area contributed by atoms with Crippen LogP contribution in [0.15, 0.2) is 0 Å².